The second kappa shape index (κ2) is 11.9. The molecule has 0 aliphatic heterocycles. The lowest BCUT2D eigenvalue weighted by Gasteiger charge is -2.21. The van der Waals surface area contributed by atoms with Crippen LogP contribution in [0.25, 0.3) is 10.9 Å². The lowest BCUT2D eigenvalue weighted by molar-refractivity contribution is -0.671. The Hall–Kier alpha value is -1.33. The molecule has 1 aromatic heterocycles. The number of hydrogen-bond acceptors (Lipinski definition) is 1. The van der Waals surface area contributed by atoms with E-state index in [1.807, 2.05) is 24.3 Å². The van der Waals surface area contributed by atoms with Gasteiger partial charge < -0.3 is 29.3 Å². The van der Waals surface area contributed by atoms with E-state index in [1.165, 1.54) is 68.7 Å². The van der Waals surface area contributed by atoms with Crippen molar-refractivity contribution in [3.63, 3.8) is 0 Å². The van der Waals surface area contributed by atoms with E-state index < -0.39 is 0 Å². The highest BCUT2D eigenvalue weighted by molar-refractivity contribution is 6.30. The fourth-order valence-corrected chi connectivity index (χ4v) is 4.76. The fourth-order valence-electron chi connectivity index (χ4n) is 4.63. The summed E-state index contributed by atoms with van der Waals surface area (Å²) in [6.07, 6.45) is 14.9. The molecule has 0 bridgehead atoms. The van der Waals surface area contributed by atoms with Crippen LogP contribution >= 0.6 is 11.6 Å². The van der Waals surface area contributed by atoms with Gasteiger partial charge >= 0.3 is 0 Å². The number of nitrogens with one attached hydrogen (secondary N) is 1. The number of fused-ring (bicyclic) bond motifs is 1. The van der Waals surface area contributed by atoms with E-state index >= 15 is 0 Å². The summed E-state index contributed by atoms with van der Waals surface area (Å²) in [6.45, 7) is 1.07. The number of pyridine rings is 1. The smallest absolute Gasteiger partial charge is 0.212 e. The molecule has 0 amide bonds. The van der Waals surface area contributed by atoms with Crippen molar-refractivity contribution in [1.29, 1.82) is 0 Å². The van der Waals surface area contributed by atoms with Gasteiger partial charge in [-0.05, 0) is 48.7 Å². The zero-order valence-electron chi connectivity index (χ0n) is 17.6. The molecule has 30 heavy (non-hydrogen) atoms. The molecule has 1 aliphatic rings. The van der Waals surface area contributed by atoms with Crippen LogP contribution in [0.15, 0.2) is 60.8 Å². The molecule has 1 N–H and O–H groups in total. The van der Waals surface area contributed by atoms with Crippen LogP contribution in [0.1, 0.15) is 57.8 Å². The molecule has 1 saturated carbocycles. The monoisotopic (exact) mass is 534 g/mol. The Balaban J connectivity index is 0.00000256. The van der Waals surface area contributed by atoms with Gasteiger partial charge in [0, 0.05) is 28.6 Å². The van der Waals surface area contributed by atoms with E-state index in [0.29, 0.717) is 0 Å². The number of aromatic nitrogens is 1. The van der Waals surface area contributed by atoms with Gasteiger partial charge in [-0.1, -0.05) is 68.7 Å². The molecule has 2 nitrogen and oxygen atoms in total. The van der Waals surface area contributed by atoms with E-state index in [1.54, 1.807) is 0 Å². The summed E-state index contributed by atoms with van der Waals surface area (Å²) in [4.78, 5) is 0. The summed E-state index contributed by atoms with van der Waals surface area (Å²) in [7, 11) is 0. The number of benzene rings is 2. The molecule has 0 radical (unpaired) electrons. The average Bonchev–Trinajstić information content (AvgIpc) is 2.76. The highest BCUT2D eigenvalue weighted by Crippen LogP contribution is 2.28. The van der Waals surface area contributed by atoms with Crippen LogP contribution in [0.5, 0.6) is 0 Å². The zero-order valence-corrected chi connectivity index (χ0v) is 20.5. The Kier molecular flexibility index (Phi) is 9.26. The van der Waals surface area contributed by atoms with Gasteiger partial charge in [-0.3, -0.25) is 0 Å². The van der Waals surface area contributed by atoms with E-state index in [-0.39, 0.29) is 24.0 Å². The lowest BCUT2D eigenvalue weighted by atomic mass is 9.85. The van der Waals surface area contributed by atoms with E-state index in [2.05, 4.69) is 46.4 Å². The summed E-state index contributed by atoms with van der Waals surface area (Å²) in [5.41, 5.74) is 3.48. The van der Waals surface area contributed by atoms with Crippen molar-refractivity contribution in [3.8, 4) is 0 Å². The zero-order chi connectivity index (χ0) is 19.9. The van der Waals surface area contributed by atoms with Crippen molar-refractivity contribution >= 4 is 33.9 Å². The molecule has 1 fully saturated rings. The van der Waals surface area contributed by atoms with Gasteiger partial charge in [0.2, 0.25) is 5.52 Å². The third-order valence-electron chi connectivity index (χ3n) is 6.22. The van der Waals surface area contributed by atoms with E-state index in [4.69, 9.17) is 11.6 Å². The minimum Gasteiger partial charge on any atom is -1.00 e. The average molecular weight is 535 g/mol. The van der Waals surface area contributed by atoms with E-state index in [0.717, 1.165) is 28.9 Å². The summed E-state index contributed by atoms with van der Waals surface area (Å²) >= 11 is 6.02. The summed E-state index contributed by atoms with van der Waals surface area (Å²) in [5, 5.41) is 5.56. The van der Waals surface area contributed by atoms with Gasteiger partial charge in [0.15, 0.2) is 6.20 Å². The van der Waals surface area contributed by atoms with Crippen LogP contribution in [0.2, 0.25) is 5.02 Å². The molecule has 160 valence electrons. The topological polar surface area (TPSA) is 15.9 Å². The molecular weight excluding hydrogens is 503 g/mol. The SMILES string of the molecule is Clc1ccc(Nc2cc3ccccc3[n+](CCCCCC3CCCCC3)c2)cc1.[I-]. The fraction of sp³-hybridized carbons (Fsp3) is 0.423. The van der Waals surface area contributed by atoms with Crippen LogP contribution < -0.4 is 33.9 Å². The predicted molar refractivity (Wildman–Crippen MR) is 124 cm³/mol. The summed E-state index contributed by atoms with van der Waals surface area (Å²) in [6, 6.07) is 18.8. The van der Waals surface area contributed by atoms with Gasteiger partial charge in [0.25, 0.3) is 0 Å². The number of halogens is 2. The van der Waals surface area contributed by atoms with Crippen LogP contribution in [0.4, 0.5) is 11.4 Å². The molecule has 1 aliphatic carbocycles. The van der Waals surface area contributed by atoms with Gasteiger partial charge in [0.1, 0.15) is 12.2 Å². The Bertz CT molecular complexity index is 920. The van der Waals surface area contributed by atoms with Crippen molar-refractivity contribution in [3.05, 3.63) is 65.8 Å². The number of para-hydroxylation sites is 1. The molecule has 0 saturated heterocycles. The molecule has 0 unspecified atom stereocenters. The number of aryl methyl sites for hydroxylation is 1. The maximum absolute atomic E-state index is 6.02. The maximum Gasteiger partial charge on any atom is 0.212 e. The molecule has 4 rings (SSSR count). The van der Waals surface area contributed by atoms with Gasteiger partial charge in [-0.15, -0.1) is 0 Å². The van der Waals surface area contributed by atoms with Gasteiger partial charge in [-0.25, -0.2) is 0 Å². The standard InChI is InChI=1S/C26H32ClN2.HI/c27-23-14-16-24(17-15-23)28-25-19-22-12-6-7-13-26(22)29(20-25)18-8-2-5-11-21-9-3-1-4-10-21;/h6-7,12-17,19-21,28H,1-5,8-11,18H2;1H/q+1;/p-1. The first-order valence-electron chi connectivity index (χ1n) is 11.2. The van der Waals surface area contributed by atoms with Crippen molar-refractivity contribution < 1.29 is 28.5 Å². The molecule has 1 heterocycles. The molecule has 4 heteroatoms. The predicted octanol–water partition coefficient (Wildman–Crippen LogP) is 4.67. The second-order valence-corrected chi connectivity index (χ2v) is 8.90. The first kappa shape index (κ1) is 23.3. The largest absolute Gasteiger partial charge is 1.00 e. The summed E-state index contributed by atoms with van der Waals surface area (Å²) in [5.74, 6) is 1.00. The first-order valence-corrected chi connectivity index (χ1v) is 11.6. The molecule has 3 aromatic rings. The highest BCUT2D eigenvalue weighted by atomic mass is 127. The third kappa shape index (κ3) is 6.58. The summed E-state index contributed by atoms with van der Waals surface area (Å²) < 4.78 is 2.41. The minimum atomic E-state index is 0. The van der Waals surface area contributed by atoms with Crippen molar-refractivity contribution in [1.82, 2.24) is 0 Å². The third-order valence-corrected chi connectivity index (χ3v) is 6.47. The number of hydrogen-bond donors (Lipinski definition) is 1. The number of unbranched alkanes of at least 4 members (excludes halogenated alkanes) is 2. The normalized spacial score (nSPS) is 14.4. The number of anilines is 2. The van der Waals surface area contributed by atoms with Crippen molar-refractivity contribution in [2.45, 2.75) is 64.3 Å². The first-order chi connectivity index (χ1) is 14.3. The number of rotatable bonds is 8. The van der Waals surface area contributed by atoms with E-state index in [9.17, 15) is 0 Å². The molecule has 2 aromatic carbocycles. The molecular formula is C26H32ClIN2. The molecule has 0 spiro atoms. The quantitative estimate of drug-likeness (QED) is 0.252. The Morgan fingerprint density at radius 1 is 0.867 bits per heavy atom. The Morgan fingerprint density at radius 3 is 2.43 bits per heavy atom. The minimum absolute atomic E-state index is 0. The van der Waals surface area contributed by atoms with Crippen LogP contribution in [0, 0.1) is 5.92 Å². The van der Waals surface area contributed by atoms with Crippen molar-refractivity contribution in [2.24, 2.45) is 5.92 Å². The molecule has 0 atom stereocenters. The van der Waals surface area contributed by atoms with Crippen molar-refractivity contribution in [2.75, 3.05) is 5.32 Å². The van der Waals surface area contributed by atoms with Gasteiger partial charge in [-0.2, -0.15) is 4.57 Å². The van der Waals surface area contributed by atoms with Crippen LogP contribution in [0.3, 0.4) is 0 Å². The van der Waals surface area contributed by atoms with Crippen LogP contribution in [-0.2, 0) is 6.54 Å². The highest BCUT2D eigenvalue weighted by Gasteiger charge is 2.14. The second-order valence-electron chi connectivity index (χ2n) is 8.47. The maximum atomic E-state index is 6.02. The Morgan fingerprint density at radius 2 is 1.63 bits per heavy atom. The van der Waals surface area contributed by atoms with Gasteiger partial charge in [0.05, 0.1) is 0 Å². The Labute approximate surface area is 203 Å². The lowest BCUT2D eigenvalue weighted by Crippen LogP contribution is -3.00. The van der Waals surface area contributed by atoms with Crippen LogP contribution in [-0.4, -0.2) is 0 Å². The number of nitrogens with zero attached hydrogens (tertiary/aromatic N) is 1.